The number of phenols is 1. The Morgan fingerprint density at radius 3 is 1.36 bits per heavy atom. The average molecular weight is 788 g/mol. The maximum Gasteiger partial charge on any atom is 0.296 e. The molecule has 0 unspecified atom stereocenters. The predicted octanol–water partition coefficient (Wildman–Crippen LogP) is 4.53. The second kappa shape index (κ2) is 13.1. The summed E-state index contributed by atoms with van der Waals surface area (Å²) in [6.45, 7) is 6.23. The number of fused-ring (bicyclic) bond motifs is 1. The third kappa shape index (κ3) is 7.60. The lowest BCUT2D eigenvalue weighted by atomic mass is 10.1. The van der Waals surface area contributed by atoms with Crippen LogP contribution in [0.4, 0.5) is 28.4 Å². The zero-order valence-corrected chi connectivity index (χ0v) is 28.6. The third-order valence-corrected chi connectivity index (χ3v) is 11.9. The summed E-state index contributed by atoms with van der Waals surface area (Å²) >= 11 is 0. The molecule has 0 aliphatic carbocycles. The number of nitrogens with zero attached hydrogens (tertiary/aromatic N) is 4. The van der Waals surface area contributed by atoms with E-state index in [9.17, 15) is 60.9 Å². The Labute approximate surface area is 283 Å². The molecule has 19 nitrogen and oxygen atoms in total. The van der Waals surface area contributed by atoms with Crippen LogP contribution in [0.25, 0.3) is 10.8 Å². The first-order valence-electron chi connectivity index (χ1n) is 12.8. The van der Waals surface area contributed by atoms with E-state index >= 15 is 0 Å². The molecule has 0 saturated carbocycles. The lowest BCUT2D eigenvalue weighted by Crippen LogP contribution is -2.02. The van der Waals surface area contributed by atoms with Gasteiger partial charge in [0.25, 0.3) is 30.4 Å². The molecule has 6 N–H and O–H groups in total. The molecular weight excluding hydrogens is 767 g/mol. The summed E-state index contributed by atoms with van der Waals surface area (Å²) in [7, 11) is -24.0. The number of sulfone groups is 2. The molecule has 0 atom stereocenters. The lowest BCUT2D eigenvalue weighted by molar-refractivity contribution is 0.472. The second-order valence-corrected chi connectivity index (χ2v) is 17.6. The topological polar surface area (TPSA) is 327 Å². The predicted molar refractivity (Wildman–Crippen MR) is 175 cm³/mol. The quantitative estimate of drug-likeness (QED) is 0.0792. The molecule has 0 aliphatic rings. The zero-order chi connectivity index (χ0) is 37.6. The smallest absolute Gasteiger partial charge is 0.296 e. The molecule has 50 heavy (non-hydrogen) atoms. The summed E-state index contributed by atoms with van der Waals surface area (Å²) < 4.78 is 151. The van der Waals surface area contributed by atoms with Crippen LogP contribution in [0.3, 0.4) is 0 Å². The van der Waals surface area contributed by atoms with Crippen LogP contribution in [0.5, 0.6) is 5.75 Å². The maximum absolute atomic E-state index is 12.4. The van der Waals surface area contributed by atoms with Crippen molar-refractivity contribution in [3.8, 4) is 5.75 Å². The summed E-state index contributed by atoms with van der Waals surface area (Å²) in [6, 6.07) is 7.48. The Kier molecular flexibility index (Phi) is 9.89. The summed E-state index contributed by atoms with van der Waals surface area (Å²) in [5.41, 5.74) is 2.96. The van der Waals surface area contributed by atoms with Gasteiger partial charge in [-0.3, -0.25) is 13.7 Å². The number of aromatic hydroxyl groups is 1. The summed E-state index contributed by atoms with van der Waals surface area (Å²) in [4.78, 5) is -4.45. The van der Waals surface area contributed by atoms with Crippen molar-refractivity contribution in [2.24, 2.45) is 20.5 Å². The van der Waals surface area contributed by atoms with Gasteiger partial charge in [-0.2, -0.15) is 25.3 Å². The van der Waals surface area contributed by atoms with Crippen molar-refractivity contribution in [2.45, 2.75) is 24.5 Å². The number of phenolic OH excluding ortho intramolecular Hbond substituents is 1. The van der Waals surface area contributed by atoms with Crippen LogP contribution in [0, 0.1) is 0 Å². The molecule has 0 fully saturated rings. The van der Waals surface area contributed by atoms with E-state index in [1.54, 1.807) is 0 Å². The van der Waals surface area contributed by atoms with Crippen molar-refractivity contribution in [1.29, 1.82) is 0 Å². The Bertz CT molecular complexity index is 2760. The van der Waals surface area contributed by atoms with Crippen LogP contribution < -0.4 is 5.73 Å². The molecule has 0 saturated heterocycles. The number of hydrogen-bond acceptors (Lipinski definition) is 16. The highest BCUT2D eigenvalue weighted by molar-refractivity contribution is 7.94. The highest BCUT2D eigenvalue weighted by Gasteiger charge is 2.26. The highest BCUT2D eigenvalue weighted by atomic mass is 32.2. The number of nitrogen functional groups attached to an aromatic ring is 1. The fourth-order valence-corrected chi connectivity index (χ4v) is 7.71. The maximum atomic E-state index is 12.4. The van der Waals surface area contributed by atoms with Crippen LogP contribution in [-0.2, 0) is 50.0 Å². The van der Waals surface area contributed by atoms with Gasteiger partial charge in [-0.05, 0) is 54.6 Å². The zero-order valence-electron chi connectivity index (χ0n) is 24.5. The molecule has 0 aliphatic heterocycles. The Balaban J connectivity index is 1.96. The number of hydrogen-bond donors (Lipinski definition) is 5. The van der Waals surface area contributed by atoms with Crippen LogP contribution in [0.2, 0.25) is 0 Å². The summed E-state index contributed by atoms with van der Waals surface area (Å²) in [6.07, 6.45) is 0. The van der Waals surface area contributed by atoms with E-state index in [1.165, 1.54) is 0 Å². The minimum Gasteiger partial charge on any atom is -0.505 e. The molecule has 24 heteroatoms. The van der Waals surface area contributed by atoms with Crippen molar-refractivity contribution in [3.63, 3.8) is 0 Å². The minimum atomic E-state index is -5.33. The molecule has 264 valence electrons. The van der Waals surface area contributed by atoms with Crippen molar-refractivity contribution >= 4 is 89.2 Å². The molecule has 4 aromatic carbocycles. The van der Waals surface area contributed by atoms with E-state index in [0.29, 0.717) is 29.0 Å². The fourth-order valence-electron chi connectivity index (χ4n) is 4.15. The van der Waals surface area contributed by atoms with E-state index in [1.807, 2.05) is 0 Å². The van der Waals surface area contributed by atoms with Gasteiger partial charge >= 0.3 is 0 Å². The van der Waals surface area contributed by atoms with Gasteiger partial charge < -0.3 is 10.8 Å². The van der Waals surface area contributed by atoms with E-state index in [0.717, 1.165) is 36.4 Å². The van der Waals surface area contributed by atoms with Crippen LogP contribution in [-0.4, -0.2) is 60.9 Å². The van der Waals surface area contributed by atoms with E-state index in [2.05, 4.69) is 33.6 Å². The average Bonchev–Trinajstić information content (AvgIpc) is 3.02. The van der Waals surface area contributed by atoms with Gasteiger partial charge in [0.15, 0.2) is 25.4 Å². The molecule has 4 aromatic rings. The van der Waals surface area contributed by atoms with Crippen LogP contribution >= 0.6 is 0 Å². The highest BCUT2D eigenvalue weighted by Crippen LogP contribution is 2.46. The normalized spacial score (nSPS) is 13.3. The summed E-state index contributed by atoms with van der Waals surface area (Å²) in [5, 5.41) is 26.1. The molecule has 4 rings (SSSR count). The summed E-state index contributed by atoms with van der Waals surface area (Å²) in [5.74, 6) is -1.02. The molecule has 0 spiro atoms. The van der Waals surface area contributed by atoms with Gasteiger partial charge in [-0.25, -0.2) is 16.8 Å². The SMILES string of the molecule is C=CS(=O)(=O)c1ccc(N=Nc2c(S(=O)(=O)O)cc3c(N=Nc4ccc(S(=O)(=O)C=C)cc4S(=O)(=O)O)c(N)ccc3c2O)c(S(=O)(=O)O)c1. The van der Waals surface area contributed by atoms with Crippen molar-refractivity contribution in [2.75, 3.05) is 5.73 Å². The van der Waals surface area contributed by atoms with E-state index in [4.69, 9.17) is 5.73 Å². The van der Waals surface area contributed by atoms with E-state index in [-0.39, 0.29) is 16.5 Å². The van der Waals surface area contributed by atoms with Gasteiger partial charge in [-0.15, -0.1) is 20.5 Å². The standard InChI is InChI=1S/C26H21N5O14S5/c1-3-46(33,34)14-5-9-19(21(11-14)48(37,38)39)28-30-24-17-13-23(50(43,44)45)25(26(32)16(17)7-8-18(24)27)31-29-20-10-6-15(47(35,36)4-2)12-22(20)49(40,41)42/h3-13,32H,1-2,27H2,(H,37,38,39)(H,40,41,42)(H,43,44,45). The Morgan fingerprint density at radius 2 is 0.960 bits per heavy atom. The van der Waals surface area contributed by atoms with E-state index < -0.39 is 103 Å². The molecule has 0 amide bonds. The number of benzene rings is 4. The van der Waals surface area contributed by atoms with Gasteiger partial charge in [0.1, 0.15) is 37.4 Å². The minimum absolute atomic E-state index is 0.261. The number of rotatable bonds is 11. The first-order valence-corrected chi connectivity index (χ1v) is 20.2. The van der Waals surface area contributed by atoms with Gasteiger partial charge in [0.05, 0.1) is 15.5 Å². The van der Waals surface area contributed by atoms with Gasteiger partial charge in [-0.1, -0.05) is 13.2 Å². The number of nitrogens with two attached hydrogens (primary N) is 1. The molecule has 0 heterocycles. The Hall–Kier alpha value is -4.95. The van der Waals surface area contributed by atoms with Crippen molar-refractivity contribution in [3.05, 3.63) is 78.6 Å². The second-order valence-electron chi connectivity index (χ2n) is 9.68. The fraction of sp³-hybridized carbons (Fsp3) is 0. The Morgan fingerprint density at radius 1 is 0.540 bits per heavy atom. The monoisotopic (exact) mass is 787 g/mol. The van der Waals surface area contributed by atoms with Crippen molar-refractivity contribution < 1.29 is 60.9 Å². The molecule has 0 radical (unpaired) electrons. The van der Waals surface area contributed by atoms with Gasteiger partial charge in [0.2, 0.25) is 0 Å². The van der Waals surface area contributed by atoms with Crippen LogP contribution in [0.1, 0.15) is 0 Å². The van der Waals surface area contributed by atoms with Crippen LogP contribution in [0.15, 0.2) is 124 Å². The first-order chi connectivity index (χ1) is 22.9. The lowest BCUT2D eigenvalue weighted by Gasteiger charge is -2.12. The largest absolute Gasteiger partial charge is 0.505 e. The third-order valence-electron chi connectivity index (χ3n) is 6.54. The number of azo groups is 2. The first kappa shape index (κ1) is 37.9. The van der Waals surface area contributed by atoms with Gasteiger partial charge in [0, 0.05) is 21.6 Å². The molecule has 0 bridgehead atoms. The van der Waals surface area contributed by atoms with Crippen molar-refractivity contribution in [1.82, 2.24) is 0 Å². The number of anilines is 1. The molecular formula is C26H21N5O14S5. The molecule has 0 aromatic heterocycles.